The number of carbonyl (C=O) groups excluding carboxylic acids is 1. The summed E-state index contributed by atoms with van der Waals surface area (Å²) >= 11 is 0. The Kier molecular flexibility index (Phi) is 5.29. The summed E-state index contributed by atoms with van der Waals surface area (Å²) in [4.78, 5) is 10.9. The highest BCUT2D eigenvalue weighted by atomic mass is 16.5. The Labute approximate surface area is 95.9 Å². The summed E-state index contributed by atoms with van der Waals surface area (Å²) in [5, 5.41) is 0. The van der Waals surface area contributed by atoms with Gasteiger partial charge in [-0.2, -0.15) is 0 Å². The number of esters is 1. The Morgan fingerprint density at radius 3 is 3.00 bits per heavy atom. The van der Waals surface area contributed by atoms with Gasteiger partial charge in [0, 0.05) is 0 Å². The van der Waals surface area contributed by atoms with Crippen LogP contribution in [0.5, 0.6) is 0 Å². The van der Waals surface area contributed by atoms with Gasteiger partial charge in [0.25, 0.3) is 0 Å². The number of nitrogens with two attached hydrogens (primary N) is 1. The Morgan fingerprint density at radius 1 is 1.50 bits per heavy atom. The Balaban J connectivity index is 2.59. The molecule has 3 nitrogen and oxygen atoms in total. The van der Waals surface area contributed by atoms with E-state index in [2.05, 4.69) is 10.8 Å². The first kappa shape index (κ1) is 12.5. The Hall–Kier alpha value is -1.61. The number of methoxy groups -OCH3 is 1. The molecule has 0 bridgehead atoms. The molecule has 0 saturated carbocycles. The zero-order valence-electron chi connectivity index (χ0n) is 9.48. The van der Waals surface area contributed by atoms with Crippen LogP contribution in [-0.4, -0.2) is 19.6 Å². The molecule has 86 valence electrons. The van der Waals surface area contributed by atoms with E-state index in [9.17, 15) is 4.79 Å². The molecule has 2 N–H and O–H groups in total. The number of rotatable bonds is 5. The van der Waals surface area contributed by atoms with Crippen molar-refractivity contribution >= 4 is 12.0 Å². The highest BCUT2D eigenvalue weighted by Gasteiger charge is 1.95. The fraction of sp³-hybridized carbons (Fsp3) is 0.308. The average molecular weight is 219 g/mol. The van der Waals surface area contributed by atoms with Crippen LogP contribution in [0.15, 0.2) is 30.3 Å². The molecule has 0 amide bonds. The molecule has 0 atom stereocenters. The van der Waals surface area contributed by atoms with Crippen LogP contribution in [0.2, 0.25) is 0 Å². The van der Waals surface area contributed by atoms with Crippen LogP contribution in [0.1, 0.15) is 17.5 Å². The molecule has 0 heterocycles. The lowest BCUT2D eigenvalue weighted by molar-refractivity contribution is -0.139. The summed E-state index contributed by atoms with van der Waals surface area (Å²) in [6.07, 6.45) is 4.89. The quantitative estimate of drug-likeness (QED) is 0.768. The molecule has 0 aliphatic carbocycles. The Bertz CT molecular complexity index is 372. The summed E-state index contributed by atoms with van der Waals surface area (Å²) in [7, 11) is 1.39. The van der Waals surface area contributed by atoms with E-state index in [0.717, 1.165) is 12.0 Å². The third kappa shape index (κ3) is 4.28. The maximum atomic E-state index is 10.9. The third-order valence-electron chi connectivity index (χ3n) is 2.21. The molecule has 0 unspecified atom stereocenters. The number of ether oxygens (including phenoxy) is 1. The van der Waals surface area contributed by atoms with E-state index in [0.29, 0.717) is 13.0 Å². The van der Waals surface area contributed by atoms with Crippen molar-refractivity contribution in [1.82, 2.24) is 0 Å². The first-order valence-corrected chi connectivity index (χ1v) is 5.28. The number of carbonyl (C=O) groups is 1. The molecule has 0 aliphatic rings. The lowest BCUT2D eigenvalue weighted by Crippen LogP contribution is -2.02. The van der Waals surface area contributed by atoms with E-state index >= 15 is 0 Å². The van der Waals surface area contributed by atoms with E-state index in [4.69, 9.17) is 5.73 Å². The van der Waals surface area contributed by atoms with E-state index in [-0.39, 0.29) is 5.97 Å². The molecular weight excluding hydrogens is 202 g/mol. The van der Waals surface area contributed by atoms with Crippen LogP contribution < -0.4 is 5.73 Å². The van der Waals surface area contributed by atoms with Crippen LogP contribution in [0.4, 0.5) is 0 Å². The summed E-state index contributed by atoms with van der Waals surface area (Å²) in [6.45, 7) is 0.648. The van der Waals surface area contributed by atoms with E-state index < -0.39 is 0 Å². The predicted octanol–water partition coefficient (Wildman–Crippen LogP) is 1.76. The maximum absolute atomic E-state index is 10.9. The van der Waals surface area contributed by atoms with Crippen molar-refractivity contribution in [2.45, 2.75) is 12.8 Å². The van der Waals surface area contributed by atoms with Crippen molar-refractivity contribution < 1.29 is 9.53 Å². The van der Waals surface area contributed by atoms with Gasteiger partial charge in [-0.15, -0.1) is 0 Å². The van der Waals surface area contributed by atoms with Gasteiger partial charge in [-0.3, -0.25) is 4.79 Å². The molecule has 1 rings (SSSR count). The highest BCUT2D eigenvalue weighted by molar-refractivity contribution is 5.72. The minimum Gasteiger partial charge on any atom is -0.469 e. The molecule has 1 aromatic rings. The standard InChI is InChI=1S/C13H17NO2/c1-16-13(15)7-3-6-11-4-2-5-12(10-11)8-9-14/h2-6,10H,7-9,14H2,1H3. The van der Waals surface area contributed by atoms with Gasteiger partial charge in [-0.1, -0.05) is 36.4 Å². The van der Waals surface area contributed by atoms with Gasteiger partial charge in [-0.25, -0.2) is 0 Å². The first-order chi connectivity index (χ1) is 7.76. The van der Waals surface area contributed by atoms with Gasteiger partial charge < -0.3 is 10.5 Å². The number of benzene rings is 1. The molecular formula is C13H17NO2. The fourth-order valence-electron chi connectivity index (χ4n) is 1.39. The second kappa shape index (κ2) is 6.80. The molecule has 0 spiro atoms. The van der Waals surface area contributed by atoms with Crippen LogP contribution in [0, 0.1) is 0 Å². The van der Waals surface area contributed by atoms with Crippen molar-refractivity contribution in [3.8, 4) is 0 Å². The molecule has 1 aromatic carbocycles. The Morgan fingerprint density at radius 2 is 2.31 bits per heavy atom. The average Bonchev–Trinajstić information content (AvgIpc) is 2.30. The topological polar surface area (TPSA) is 52.3 Å². The summed E-state index contributed by atoms with van der Waals surface area (Å²) < 4.78 is 4.54. The van der Waals surface area contributed by atoms with E-state index in [1.54, 1.807) is 6.08 Å². The second-order valence-corrected chi connectivity index (χ2v) is 3.47. The molecule has 16 heavy (non-hydrogen) atoms. The second-order valence-electron chi connectivity index (χ2n) is 3.47. The first-order valence-electron chi connectivity index (χ1n) is 5.28. The van der Waals surface area contributed by atoms with Crippen molar-refractivity contribution in [1.29, 1.82) is 0 Å². The monoisotopic (exact) mass is 219 g/mol. The normalized spacial score (nSPS) is 10.6. The lowest BCUT2D eigenvalue weighted by atomic mass is 10.1. The summed E-state index contributed by atoms with van der Waals surface area (Å²) in [5.74, 6) is -0.227. The van der Waals surface area contributed by atoms with Crippen LogP contribution in [-0.2, 0) is 16.0 Å². The van der Waals surface area contributed by atoms with E-state index in [1.807, 2.05) is 24.3 Å². The molecule has 0 aromatic heterocycles. The van der Waals surface area contributed by atoms with Crippen molar-refractivity contribution in [3.63, 3.8) is 0 Å². The van der Waals surface area contributed by atoms with Crippen molar-refractivity contribution in [2.24, 2.45) is 5.73 Å². The zero-order valence-corrected chi connectivity index (χ0v) is 9.48. The largest absolute Gasteiger partial charge is 0.469 e. The number of hydrogen-bond donors (Lipinski definition) is 1. The summed E-state index contributed by atoms with van der Waals surface area (Å²) in [5.41, 5.74) is 7.78. The minimum absolute atomic E-state index is 0.227. The minimum atomic E-state index is -0.227. The van der Waals surface area contributed by atoms with Crippen LogP contribution in [0.3, 0.4) is 0 Å². The summed E-state index contributed by atoms with van der Waals surface area (Å²) in [6, 6.07) is 8.10. The van der Waals surface area contributed by atoms with Gasteiger partial charge in [0.15, 0.2) is 0 Å². The smallest absolute Gasteiger partial charge is 0.309 e. The van der Waals surface area contributed by atoms with Gasteiger partial charge in [0.2, 0.25) is 0 Å². The van der Waals surface area contributed by atoms with Gasteiger partial charge in [0.05, 0.1) is 13.5 Å². The zero-order chi connectivity index (χ0) is 11.8. The van der Waals surface area contributed by atoms with Crippen LogP contribution in [0.25, 0.3) is 6.08 Å². The molecule has 0 saturated heterocycles. The molecule has 3 heteroatoms. The highest BCUT2D eigenvalue weighted by Crippen LogP contribution is 2.08. The van der Waals surface area contributed by atoms with Gasteiger partial charge in [0.1, 0.15) is 0 Å². The molecule has 0 fully saturated rings. The molecule has 0 radical (unpaired) electrons. The maximum Gasteiger partial charge on any atom is 0.309 e. The predicted molar refractivity (Wildman–Crippen MR) is 64.9 cm³/mol. The van der Waals surface area contributed by atoms with Gasteiger partial charge in [-0.05, 0) is 24.1 Å². The van der Waals surface area contributed by atoms with Gasteiger partial charge >= 0.3 is 5.97 Å². The fourth-order valence-corrected chi connectivity index (χ4v) is 1.39. The van der Waals surface area contributed by atoms with Crippen molar-refractivity contribution in [3.05, 3.63) is 41.5 Å². The third-order valence-corrected chi connectivity index (χ3v) is 2.21. The van der Waals surface area contributed by atoms with Crippen molar-refractivity contribution in [2.75, 3.05) is 13.7 Å². The molecule has 0 aliphatic heterocycles. The number of hydrogen-bond acceptors (Lipinski definition) is 3. The SMILES string of the molecule is COC(=O)CC=Cc1cccc(CCN)c1. The van der Waals surface area contributed by atoms with Crippen LogP contribution >= 0.6 is 0 Å². The lowest BCUT2D eigenvalue weighted by Gasteiger charge is -2.00. The van der Waals surface area contributed by atoms with E-state index in [1.165, 1.54) is 12.7 Å².